The topological polar surface area (TPSA) is 23.1 Å². The quantitative estimate of drug-likeness (QED) is 0.336. The van der Waals surface area contributed by atoms with Crippen molar-refractivity contribution in [3.63, 3.8) is 0 Å². The predicted molar refractivity (Wildman–Crippen MR) is 91.8 cm³/mol. The van der Waals surface area contributed by atoms with Crippen LogP contribution in [0, 0.1) is 0 Å². The molecule has 0 aliphatic heterocycles. The number of rotatable bonds is 8. The van der Waals surface area contributed by atoms with E-state index in [-0.39, 0.29) is 0 Å². The molecule has 0 saturated heterocycles. The van der Waals surface area contributed by atoms with Gasteiger partial charge in [-0.05, 0) is 45.4 Å². The zero-order valence-electron chi connectivity index (χ0n) is 13.0. The minimum absolute atomic E-state index is 0.392. The molecule has 1 rings (SSSR count). The number of anilines is 1. The van der Waals surface area contributed by atoms with E-state index in [1.54, 1.807) is 10.8 Å². The SMILES string of the molecule is CCCCCCSSc1cccc(N([O])C(C)(C)C)c1. The molecule has 20 heavy (non-hydrogen) atoms. The Hall–Kier alpha value is -0.320. The Labute approximate surface area is 131 Å². The number of nitrogens with zero attached hydrogens (tertiary/aromatic N) is 1. The molecule has 0 heterocycles. The average molecular weight is 313 g/mol. The molecule has 0 aliphatic rings. The third kappa shape index (κ3) is 6.42. The van der Waals surface area contributed by atoms with Gasteiger partial charge in [-0.1, -0.05) is 59.0 Å². The molecule has 0 fully saturated rings. The lowest BCUT2D eigenvalue weighted by Gasteiger charge is -2.28. The Kier molecular flexibility index (Phi) is 7.85. The minimum atomic E-state index is -0.392. The highest BCUT2D eigenvalue weighted by Crippen LogP contribution is 2.34. The van der Waals surface area contributed by atoms with E-state index in [1.165, 1.54) is 31.4 Å². The second-order valence-corrected chi connectivity index (χ2v) is 8.42. The van der Waals surface area contributed by atoms with Gasteiger partial charge in [-0.2, -0.15) is 0 Å². The Morgan fingerprint density at radius 3 is 2.55 bits per heavy atom. The highest BCUT2D eigenvalue weighted by atomic mass is 33.1. The summed E-state index contributed by atoms with van der Waals surface area (Å²) < 4.78 is 0. The summed E-state index contributed by atoms with van der Waals surface area (Å²) >= 11 is 0. The summed E-state index contributed by atoms with van der Waals surface area (Å²) in [6, 6.07) is 7.91. The highest BCUT2D eigenvalue weighted by molar-refractivity contribution is 8.76. The van der Waals surface area contributed by atoms with Crippen molar-refractivity contribution in [3.8, 4) is 0 Å². The van der Waals surface area contributed by atoms with Gasteiger partial charge < -0.3 is 0 Å². The summed E-state index contributed by atoms with van der Waals surface area (Å²) in [6.45, 7) is 8.03. The van der Waals surface area contributed by atoms with Crippen LogP contribution in [0.5, 0.6) is 0 Å². The first-order valence-electron chi connectivity index (χ1n) is 7.32. The predicted octanol–water partition coefficient (Wildman–Crippen LogP) is 5.96. The molecular weight excluding hydrogens is 286 g/mol. The fourth-order valence-electron chi connectivity index (χ4n) is 1.75. The summed E-state index contributed by atoms with van der Waals surface area (Å²) in [4.78, 5) is 1.16. The Morgan fingerprint density at radius 1 is 1.15 bits per heavy atom. The van der Waals surface area contributed by atoms with Crippen molar-refractivity contribution in [3.05, 3.63) is 24.3 Å². The smallest absolute Gasteiger partial charge is 0.0685 e. The molecule has 0 spiro atoms. The second-order valence-electron chi connectivity index (χ2n) is 5.93. The Balaban J connectivity index is 2.44. The minimum Gasteiger partial charge on any atom is -0.215 e. The summed E-state index contributed by atoms with van der Waals surface area (Å²) in [5.41, 5.74) is 0.352. The van der Waals surface area contributed by atoms with Crippen LogP contribution in [0.25, 0.3) is 0 Å². The third-order valence-corrected chi connectivity index (χ3v) is 5.35. The lowest BCUT2D eigenvalue weighted by molar-refractivity contribution is 0.102. The van der Waals surface area contributed by atoms with Gasteiger partial charge in [-0.15, -0.1) is 0 Å². The van der Waals surface area contributed by atoms with Gasteiger partial charge in [0.25, 0.3) is 0 Å². The Morgan fingerprint density at radius 2 is 1.90 bits per heavy atom. The molecule has 4 heteroatoms. The van der Waals surface area contributed by atoms with Crippen molar-refractivity contribution in [1.29, 1.82) is 0 Å². The van der Waals surface area contributed by atoms with Crippen LogP contribution in [0.3, 0.4) is 0 Å². The van der Waals surface area contributed by atoms with Crippen LogP contribution in [0.2, 0.25) is 0 Å². The molecule has 113 valence electrons. The van der Waals surface area contributed by atoms with Crippen LogP contribution in [-0.2, 0) is 5.21 Å². The van der Waals surface area contributed by atoms with E-state index in [2.05, 4.69) is 13.0 Å². The molecule has 1 radical (unpaired) electrons. The normalized spacial score (nSPS) is 11.7. The molecule has 1 aromatic rings. The standard InChI is InChI=1S/C16H26NOS2/c1-5-6-7-8-12-19-20-15-11-9-10-14(13-15)17(18)16(2,3)4/h9-11,13H,5-8,12H2,1-4H3. The van der Waals surface area contributed by atoms with E-state index >= 15 is 0 Å². The van der Waals surface area contributed by atoms with Crippen LogP contribution < -0.4 is 5.06 Å². The van der Waals surface area contributed by atoms with Gasteiger partial charge in [0.15, 0.2) is 0 Å². The summed E-state index contributed by atoms with van der Waals surface area (Å²) in [5.74, 6) is 1.18. The van der Waals surface area contributed by atoms with Crippen molar-refractivity contribution in [2.24, 2.45) is 0 Å². The summed E-state index contributed by atoms with van der Waals surface area (Å²) in [6.07, 6.45) is 5.22. The third-order valence-electron chi connectivity index (χ3n) is 2.90. The van der Waals surface area contributed by atoms with Crippen LogP contribution in [0.4, 0.5) is 5.69 Å². The van der Waals surface area contributed by atoms with Crippen molar-refractivity contribution < 1.29 is 5.21 Å². The molecule has 0 N–H and O–H groups in total. The maximum Gasteiger partial charge on any atom is 0.0685 e. The number of hydrogen-bond acceptors (Lipinski definition) is 3. The van der Waals surface area contributed by atoms with Crippen molar-refractivity contribution in [2.45, 2.75) is 63.8 Å². The molecule has 0 unspecified atom stereocenters. The van der Waals surface area contributed by atoms with Gasteiger partial charge in [-0.25, -0.2) is 5.06 Å². The van der Waals surface area contributed by atoms with Gasteiger partial charge >= 0.3 is 0 Å². The fraction of sp³-hybridized carbons (Fsp3) is 0.625. The Bertz CT molecular complexity index is 390. The fourth-order valence-corrected chi connectivity index (χ4v) is 3.91. The van der Waals surface area contributed by atoms with Gasteiger partial charge in [0, 0.05) is 10.6 Å². The van der Waals surface area contributed by atoms with E-state index < -0.39 is 5.54 Å². The molecule has 0 aromatic heterocycles. The highest BCUT2D eigenvalue weighted by Gasteiger charge is 2.21. The number of hydrogen-bond donors (Lipinski definition) is 0. The van der Waals surface area contributed by atoms with Gasteiger partial charge in [0.1, 0.15) is 0 Å². The molecule has 1 aromatic carbocycles. The molecule has 0 atom stereocenters. The van der Waals surface area contributed by atoms with E-state index in [0.717, 1.165) is 15.6 Å². The van der Waals surface area contributed by atoms with Crippen LogP contribution in [0.1, 0.15) is 53.4 Å². The maximum absolute atomic E-state index is 12.2. The van der Waals surface area contributed by atoms with Crippen LogP contribution in [-0.4, -0.2) is 11.3 Å². The number of hydroxylamine groups is 1. The second kappa shape index (κ2) is 8.85. The van der Waals surface area contributed by atoms with Crippen molar-refractivity contribution in [1.82, 2.24) is 0 Å². The van der Waals surface area contributed by atoms with Gasteiger partial charge in [0.05, 0.1) is 11.2 Å². The number of unbranched alkanes of at least 4 members (excludes halogenated alkanes) is 3. The molecule has 0 bridgehead atoms. The van der Waals surface area contributed by atoms with Crippen LogP contribution in [0.15, 0.2) is 29.2 Å². The first-order valence-corrected chi connectivity index (χ1v) is 9.64. The molecule has 0 aliphatic carbocycles. The molecular formula is C16H26NOS2. The molecule has 2 nitrogen and oxygen atoms in total. The summed E-state index contributed by atoms with van der Waals surface area (Å²) in [5, 5.41) is 13.3. The van der Waals surface area contributed by atoms with E-state index in [0.29, 0.717) is 0 Å². The first kappa shape index (κ1) is 17.7. The van der Waals surface area contributed by atoms with Crippen molar-refractivity contribution >= 4 is 27.3 Å². The van der Waals surface area contributed by atoms with Gasteiger partial charge in [-0.3, -0.25) is 0 Å². The van der Waals surface area contributed by atoms with Crippen LogP contribution >= 0.6 is 21.6 Å². The molecule has 0 amide bonds. The maximum atomic E-state index is 12.2. The average Bonchev–Trinajstić information content (AvgIpc) is 2.41. The summed E-state index contributed by atoms with van der Waals surface area (Å²) in [7, 11) is 3.65. The first-order chi connectivity index (χ1) is 9.45. The molecule has 0 saturated carbocycles. The zero-order chi connectivity index (χ0) is 15.0. The van der Waals surface area contributed by atoms with E-state index in [9.17, 15) is 5.21 Å². The monoisotopic (exact) mass is 312 g/mol. The number of benzene rings is 1. The van der Waals surface area contributed by atoms with E-state index in [1.807, 2.05) is 49.8 Å². The van der Waals surface area contributed by atoms with Crippen molar-refractivity contribution in [2.75, 3.05) is 10.8 Å². The van der Waals surface area contributed by atoms with E-state index in [4.69, 9.17) is 0 Å². The van der Waals surface area contributed by atoms with Gasteiger partial charge in [0.2, 0.25) is 0 Å². The lowest BCUT2D eigenvalue weighted by Crippen LogP contribution is -2.37. The lowest BCUT2D eigenvalue weighted by atomic mass is 10.1. The largest absolute Gasteiger partial charge is 0.215 e. The zero-order valence-corrected chi connectivity index (χ0v) is 14.6.